The minimum atomic E-state index is -4.57. The first kappa shape index (κ1) is 21.6. The monoisotopic (exact) mass is 422 g/mol. The fraction of sp³-hybridized carbons (Fsp3) is 0.333. The van der Waals surface area contributed by atoms with Gasteiger partial charge in [-0.1, -0.05) is 6.07 Å². The van der Waals surface area contributed by atoms with Crippen LogP contribution in [-0.4, -0.2) is 32.1 Å². The van der Waals surface area contributed by atoms with Crippen molar-refractivity contribution in [3.63, 3.8) is 0 Å². The highest BCUT2D eigenvalue weighted by molar-refractivity contribution is 6.06. The van der Waals surface area contributed by atoms with Crippen molar-refractivity contribution in [1.29, 1.82) is 0 Å². The summed E-state index contributed by atoms with van der Waals surface area (Å²) in [5.74, 6) is -0.654. The molecule has 0 bridgehead atoms. The topological polar surface area (TPSA) is 76.7 Å². The Morgan fingerprint density at radius 2 is 1.83 bits per heavy atom. The molecule has 2 amide bonds. The van der Waals surface area contributed by atoms with Gasteiger partial charge in [-0.15, -0.1) is 0 Å². The van der Waals surface area contributed by atoms with Gasteiger partial charge in [0.25, 0.3) is 5.91 Å². The smallest absolute Gasteiger partial charge is 0.416 e. The van der Waals surface area contributed by atoms with Crippen LogP contribution in [0.2, 0.25) is 0 Å². The van der Waals surface area contributed by atoms with E-state index in [1.54, 1.807) is 12.1 Å². The molecule has 1 aliphatic carbocycles. The maximum Gasteiger partial charge on any atom is 0.416 e. The van der Waals surface area contributed by atoms with Crippen LogP contribution in [0, 0.1) is 5.92 Å². The van der Waals surface area contributed by atoms with E-state index in [9.17, 15) is 22.8 Å². The van der Waals surface area contributed by atoms with E-state index < -0.39 is 17.6 Å². The molecule has 3 rings (SSSR count). The Bertz CT molecular complexity index is 927. The van der Waals surface area contributed by atoms with Gasteiger partial charge in [0.15, 0.2) is 0 Å². The number of alkyl halides is 3. The van der Waals surface area contributed by atoms with Crippen LogP contribution in [0.3, 0.4) is 0 Å². The second-order valence-electron chi connectivity index (χ2n) is 6.85. The van der Waals surface area contributed by atoms with Gasteiger partial charge in [0.1, 0.15) is 12.4 Å². The van der Waals surface area contributed by atoms with Crippen LogP contribution in [-0.2, 0) is 15.7 Å². The fourth-order valence-corrected chi connectivity index (χ4v) is 2.69. The van der Waals surface area contributed by atoms with Crippen molar-refractivity contribution in [3.8, 4) is 5.75 Å². The van der Waals surface area contributed by atoms with Crippen molar-refractivity contribution < 1.29 is 32.2 Å². The highest BCUT2D eigenvalue weighted by Crippen LogP contribution is 2.35. The third-order valence-electron chi connectivity index (χ3n) is 4.44. The number of ether oxygens (including phenoxy) is 2. The zero-order valence-corrected chi connectivity index (χ0v) is 16.2. The second kappa shape index (κ2) is 9.17. The molecule has 0 spiro atoms. The number of nitrogens with one attached hydrogen (secondary N) is 2. The van der Waals surface area contributed by atoms with E-state index in [0.29, 0.717) is 5.69 Å². The van der Waals surface area contributed by atoms with Crippen molar-refractivity contribution in [2.45, 2.75) is 19.0 Å². The Morgan fingerprint density at radius 1 is 1.07 bits per heavy atom. The molecule has 2 N–H and O–H groups in total. The van der Waals surface area contributed by atoms with Crippen molar-refractivity contribution in [3.05, 3.63) is 53.6 Å². The van der Waals surface area contributed by atoms with Crippen LogP contribution in [0.25, 0.3) is 0 Å². The third kappa shape index (κ3) is 5.73. The molecule has 2 aromatic rings. The van der Waals surface area contributed by atoms with E-state index in [1.165, 1.54) is 19.2 Å². The average Bonchev–Trinajstić information content (AvgIpc) is 3.54. The molecule has 30 heavy (non-hydrogen) atoms. The first-order valence-electron chi connectivity index (χ1n) is 9.33. The summed E-state index contributed by atoms with van der Waals surface area (Å²) in [7, 11) is 1.47. The van der Waals surface area contributed by atoms with Crippen molar-refractivity contribution in [2.75, 3.05) is 31.0 Å². The van der Waals surface area contributed by atoms with Crippen molar-refractivity contribution in [2.24, 2.45) is 5.92 Å². The van der Waals surface area contributed by atoms with E-state index in [-0.39, 0.29) is 42.0 Å². The molecule has 6 nitrogen and oxygen atoms in total. The number of benzene rings is 2. The number of amides is 2. The van der Waals surface area contributed by atoms with Crippen LogP contribution in [0.1, 0.15) is 28.8 Å². The Hall–Kier alpha value is -3.07. The maximum absolute atomic E-state index is 13.1. The lowest BCUT2D eigenvalue weighted by Gasteiger charge is -2.15. The number of carbonyl (C=O) groups is 2. The van der Waals surface area contributed by atoms with Crippen molar-refractivity contribution in [1.82, 2.24) is 0 Å². The largest absolute Gasteiger partial charge is 0.489 e. The summed E-state index contributed by atoms with van der Waals surface area (Å²) in [5, 5.41) is 5.20. The zero-order valence-electron chi connectivity index (χ0n) is 16.2. The average molecular weight is 422 g/mol. The molecule has 0 heterocycles. The second-order valence-corrected chi connectivity index (χ2v) is 6.85. The molecular formula is C21H21F3N2O4. The van der Waals surface area contributed by atoms with E-state index in [1.807, 2.05) is 0 Å². The van der Waals surface area contributed by atoms with Gasteiger partial charge in [-0.05, 0) is 49.2 Å². The number of halogens is 3. The number of anilines is 2. The Labute approximate surface area is 171 Å². The number of methoxy groups -OCH3 is 1. The highest BCUT2D eigenvalue weighted by Gasteiger charge is 2.32. The molecule has 0 aliphatic heterocycles. The van der Waals surface area contributed by atoms with Gasteiger partial charge in [0.05, 0.1) is 17.9 Å². The van der Waals surface area contributed by atoms with E-state index >= 15 is 0 Å². The minimum absolute atomic E-state index is 0.000557. The molecule has 1 fully saturated rings. The van der Waals surface area contributed by atoms with Gasteiger partial charge in [-0.25, -0.2) is 0 Å². The number of hydrogen-bond acceptors (Lipinski definition) is 4. The highest BCUT2D eigenvalue weighted by atomic mass is 19.4. The Morgan fingerprint density at radius 3 is 2.50 bits per heavy atom. The van der Waals surface area contributed by atoms with Crippen molar-refractivity contribution >= 4 is 23.2 Å². The summed E-state index contributed by atoms with van der Waals surface area (Å²) in [4.78, 5) is 24.6. The van der Waals surface area contributed by atoms with Gasteiger partial charge in [-0.3, -0.25) is 9.59 Å². The van der Waals surface area contributed by atoms with Gasteiger partial charge in [0, 0.05) is 24.3 Å². The van der Waals surface area contributed by atoms with Crippen LogP contribution in [0.15, 0.2) is 42.5 Å². The lowest BCUT2D eigenvalue weighted by Crippen LogP contribution is -2.17. The molecular weight excluding hydrogens is 401 g/mol. The molecule has 1 saturated carbocycles. The first-order valence-corrected chi connectivity index (χ1v) is 9.33. The molecule has 160 valence electrons. The Balaban J connectivity index is 1.79. The summed E-state index contributed by atoms with van der Waals surface area (Å²) < 4.78 is 49.6. The quantitative estimate of drug-likeness (QED) is 0.621. The summed E-state index contributed by atoms with van der Waals surface area (Å²) >= 11 is 0. The fourth-order valence-electron chi connectivity index (χ4n) is 2.69. The molecule has 0 unspecified atom stereocenters. The standard InChI is InChI=1S/C21H21F3N2O4/c1-29-9-10-30-18-8-7-15(21(22,23)24)12-17(18)26-20(28)14-3-2-4-16(11-14)25-19(27)13-5-6-13/h2-4,7-8,11-13H,5-6,9-10H2,1H3,(H,25,27)(H,26,28). The van der Waals surface area contributed by atoms with Gasteiger partial charge in [0.2, 0.25) is 5.91 Å². The molecule has 1 aliphatic rings. The van der Waals surface area contributed by atoms with Gasteiger partial charge < -0.3 is 20.1 Å². The van der Waals surface area contributed by atoms with E-state index in [0.717, 1.165) is 31.0 Å². The minimum Gasteiger partial charge on any atom is -0.489 e. The number of hydrogen-bond donors (Lipinski definition) is 2. The lowest BCUT2D eigenvalue weighted by atomic mass is 10.1. The van der Waals surface area contributed by atoms with Gasteiger partial charge >= 0.3 is 6.18 Å². The summed E-state index contributed by atoms with van der Waals surface area (Å²) in [6.07, 6.45) is -2.89. The normalized spacial score (nSPS) is 13.6. The third-order valence-corrected chi connectivity index (χ3v) is 4.44. The number of rotatable bonds is 8. The molecule has 0 radical (unpaired) electrons. The molecule has 9 heteroatoms. The summed E-state index contributed by atoms with van der Waals surface area (Å²) in [6, 6.07) is 9.04. The van der Waals surface area contributed by atoms with E-state index in [2.05, 4.69) is 10.6 Å². The summed E-state index contributed by atoms with van der Waals surface area (Å²) in [5.41, 5.74) is -0.398. The summed E-state index contributed by atoms with van der Waals surface area (Å²) in [6.45, 7) is 0.338. The molecule has 0 saturated heterocycles. The number of carbonyl (C=O) groups excluding carboxylic acids is 2. The molecule has 0 aromatic heterocycles. The van der Waals surface area contributed by atoms with E-state index in [4.69, 9.17) is 9.47 Å². The molecule has 2 aromatic carbocycles. The predicted molar refractivity (Wildman–Crippen MR) is 105 cm³/mol. The van der Waals surface area contributed by atoms with Crippen LogP contribution < -0.4 is 15.4 Å². The predicted octanol–water partition coefficient (Wildman–Crippen LogP) is 4.33. The maximum atomic E-state index is 13.1. The first-order chi connectivity index (χ1) is 14.3. The molecule has 0 atom stereocenters. The van der Waals surface area contributed by atoms with Crippen LogP contribution in [0.5, 0.6) is 5.75 Å². The van der Waals surface area contributed by atoms with Crippen LogP contribution >= 0.6 is 0 Å². The lowest BCUT2D eigenvalue weighted by molar-refractivity contribution is -0.137. The Kier molecular flexibility index (Phi) is 6.61. The van der Waals surface area contributed by atoms with Gasteiger partial charge in [-0.2, -0.15) is 13.2 Å². The SMILES string of the molecule is COCCOc1ccc(C(F)(F)F)cc1NC(=O)c1cccc(NC(=O)C2CC2)c1. The zero-order chi connectivity index (χ0) is 21.7. The van der Waals surface area contributed by atoms with Crippen LogP contribution in [0.4, 0.5) is 24.5 Å².